The normalized spacial score (nSPS) is 10.3. The summed E-state index contributed by atoms with van der Waals surface area (Å²) in [7, 11) is 0. The number of hydrogen-bond donors (Lipinski definition) is 1. The number of amides is 1. The van der Waals surface area contributed by atoms with Gasteiger partial charge in [0.25, 0.3) is 0 Å². The fourth-order valence-electron chi connectivity index (χ4n) is 1.75. The molecule has 1 amide bonds. The molecule has 2 rings (SSSR count). The molecular weight excluding hydrogens is 317 g/mol. The third kappa shape index (κ3) is 4.41. The predicted molar refractivity (Wildman–Crippen MR) is 83.5 cm³/mol. The summed E-state index contributed by atoms with van der Waals surface area (Å²) in [6.07, 6.45) is 0.284. The predicted octanol–water partition coefficient (Wildman–Crippen LogP) is 4.51. The maximum atomic E-state index is 11.9. The average molecular weight is 329 g/mol. The maximum absolute atomic E-state index is 11.9. The largest absolute Gasteiger partial charge is 0.352 e. The fourth-order valence-corrected chi connectivity index (χ4v) is 2.44. The van der Waals surface area contributed by atoms with Gasteiger partial charge < -0.3 is 5.32 Å². The lowest BCUT2D eigenvalue weighted by atomic mass is 10.1. The van der Waals surface area contributed by atoms with Crippen molar-refractivity contribution in [2.45, 2.75) is 13.0 Å². The Morgan fingerprint density at radius 3 is 2.45 bits per heavy atom. The summed E-state index contributed by atoms with van der Waals surface area (Å²) in [6.45, 7) is 0.370. The van der Waals surface area contributed by atoms with Crippen LogP contribution in [0.3, 0.4) is 0 Å². The Balaban J connectivity index is 1.92. The molecule has 0 spiro atoms. The van der Waals surface area contributed by atoms with E-state index < -0.39 is 0 Å². The highest BCUT2D eigenvalue weighted by Crippen LogP contribution is 2.20. The van der Waals surface area contributed by atoms with Gasteiger partial charge in [-0.3, -0.25) is 4.79 Å². The van der Waals surface area contributed by atoms with E-state index in [0.29, 0.717) is 21.6 Å². The van der Waals surface area contributed by atoms with E-state index in [0.717, 1.165) is 11.1 Å². The van der Waals surface area contributed by atoms with Gasteiger partial charge in [0, 0.05) is 21.6 Å². The Bertz CT molecular complexity index is 628. The highest BCUT2D eigenvalue weighted by Gasteiger charge is 2.06. The number of halogens is 3. The summed E-state index contributed by atoms with van der Waals surface area (Å²) >= 11 is 17.7. The zero-order chi connectivity index (χ0) is 14.5. The van der Waals surface area contributed by atoms with Crippen LogP contribution in [0.1, 0.15) is 11.1 Å². The Kier molecular flexibility index (Phi) is 5.30. The van der Waals surface area contributed by atoms with Crippen LogP contribution < -0.4 is 5.32 Å². The molecule has 0 atom stereocenters. The minimum Gasteiger partial charge on any atom is -0.352 e. The number of rotatable bonds is 4. The number of carbonyl (C=O) groups excluding carboxylic acids is 1. The highest BCUT2D eigenvalue weighted by atomic mass is 35.5. The Morgan fingerprint density at radius 2 is 1.75 bits per heavy atom. The standard InChI is InChI=1S/C15H12Cl3NO/c16-12-3-1-2-10(6-12)7-15(20)19-9-11-4-5-13(17)8-14(11)18/h1-6,8H,7,9H2,(H,19,20). The minimum atomic E-state index is -0.0849. The van der Waals surface area contributed by atoms with E-state index in [4.69, 9.17) is 34.8 Å². The molecule has 0 unspecified atom stereocenters. The molecule has 0 saturated heterocycles. The van der Waals surface area contributed by atoms with Gasteiger partial charge in [0.1, 0.15) is 0 Å². The topological polar surface area (TPSA) is 29.1 Å². The van der Waals surface area contributed by atoms with Gasteiger partial charge in [0.05, 0.1) is 6.42 Å². The van der Waals surface area contributed by atoms with Crippen molar-refractivity contribution in [2.24, 2.45) is 0 Å². The second-order valence-corrected chi connectivity index (χ2v) is 5.60. The summed E-state index contributed by atoms with van der Waals surface area (Å²) in [5.41, 5.74) is 1.70. The first-order chi connectivity index (χ1) is 9.54. The van der Waals surface area contributed by atoms with Crippen molar-refractivity contribution < 1.29 is 4.79 Å². The lowest BCUT2D eigenvalue weighted by Crippen LogP contribution is -2.24. The monoisotopic (exact) mass is 327 g/mol. The second-order valence-electron chi connectivity index (χ2n) is 4.32. The molecule has 0 fully saturated rings. The molecule has 2 aromatic rings. The van der Waals surface area contributed by atoms with E-state index in [-0.39, 0.29) is 12.3 Å². The third-order valence-electron chi connectivity index (χ3n) is 2.74. The van der Waals surface area contributed by atoms with Crippen molar-refractivity contribution in [3.8, 4) is 0 Å². The highest BCUT2D eigenvalue weighted by molar-refractivity contribution is 6.35. The van der Waals surface area contributed by atoms with Gasteiger partial charge in [-0.1, -0.05) is 53.0 Å². The smallest absolute Gasteiger partial charge is 0.224 e. The molecule has 0 aromatic heterocycles. The van der Waals surface area contributed by atoms with E-state index in [1.54, 1.807) is 30.3 Å². The van der Waals surface area contributed by atoms with Crippen LogP contribution in [0.5, 0.6) is 0 Å². The van der Waals surface area contributed by atoms with Gasteiger partial charge in [0.2, 0.25) is 5.91 Å². The van der Waals surface area contributed by atoms with Crippen molar-refractivity contribution in [2.75, 3.05) is 0 Å². The van der Waals surface area contributed by atoms with Crippen LogP contribution in [0.4, 0.5) is 0 Å². The molecule has 2 aromatic carbocycles. The van der Waals surface area contributed by atoms with E-state index >= 15 is 0 Å². The molecule has 0 bridgehead atoms. The van der Waals surface area contributed by atoms with Crippen LogP contribution in [0, 0.1) is 0 Å². The summed E-state index contributed by atoms with van der Waals surface area (Å²) in [5.74, 6) is -0.0849. The fraction of sp³-hybridized carbons (Fsp3) is 0.133. The first-order valence-electron chi connectivity index (χ1n) is 5.99. The molecule has 104 valence electrons. The van der Waals surface area contributed by atoms with Crippen LogP contribution in [-0.4, -0.2) is 5.91 Å². The SMILES string of the molecule is O=C(Cc1cccc(Cl)c1)NCc1ccc(Cl)cc1Cl. The van der Waals surface area contributed by atoms with Gasteiger partial charge in [-0.25, -0.2) is 0 Å². The van der Waals surface area contributed by atoms with Crippen LogP contribution >= 0.6 is 34.8 Å². The van der Waals surface area contributed by atoms with Crippen molar-refractivity contribution in [1.82, 2.24) is 5.32 Å². The Morgan fingerprint density at radius 1 is 1.00 bits per heavy atom. The Hall–Kier alpha value is -1.22. The molecule has 20 heavy (non-hydrogen) atoms. The molecule has 0 aliphatic rings. The van der Waals surface area contributed by atoms with Crippen LogP contribution in [0.15, 0.2) is 42.5 Å². The van der Waals surface area contributed by atoms with E-state index in [9.17, 15) is 4.79 Å². The van der Waals surface area contributed by atoms with E-state index in [1.807, 2.05) is 12.1 Å². The lowest BCUT2D eigenvalue weighted by Gasteiger charge is -2.07. The molecule has 0 radical (unpaired) electrons. The van der Waals surface area contributed by atoms with E-state index in [1.165, 1.54) is 0 Å². The van der Waals surface area contributed by atoms with Crippen molar-refractivity contribution >= 4 is 40.7 Å². The molecule has 2 nitrogen and oxygen atoms in total. The zero-order valence-corrected chi connectivity index (χ0v) is 12.8. The maximum Gasteiger partial charge on any atom is 0.224 e. The van der Waals surface area contributed by atoms with Crippen LogP contribution in [0.2, 0.25) is 15.1 Å². The number of carbonyl (C=O) groups is 1. The average Bonchev–Trinajstić information content (AvgIpc) is 2.37. The number of hydrogen-bond acceptors (Lipinski definition) is 1. The molecule has 0 aliphatic carbocycles. The first-order valence-corrected chi connectivity index (χ1v) is 7.13. The van der Waals surface area contributed by atoms with Gasteiger partial charge in [-0.15, -0.1) is 0 Å². The molecule has 1 N–H and O–H groups in total. The summed E-state index contributed by atoms with van der Waals surface area (Å²) < 4.78 is 0. The summed E-state index contributed by atoms with van der Waals surface area (Å²) in [5, 5.41) is 4.55. The van der Waals surface area contributed by atoms with Gasteiger partial charge in [0.15, 0.2) is 0 Å². The van der Waals surface area contributed by atoms with Crippen molar-refractivity contribution in [3.05, 3.63) is 68.7 Å². The van der Waals surface area contributed by atoms with Gasteiger partial charge in [-0.2, -0.15) is 0 Å². The molecule has 0 heterocycles. The first kappa shape index (κ1) is 15.2. The number of nitrogens with one attached hydrogen (secondary N) is 1. The molecule has 5 heteroatoms. The molecule has 0 aliphatic heterocycles. The van der Waals surface area contributed by atoms with E-state index in [2.05, 4.69) is 5.32 Å². The van der Waals surface area contributed by atoms with Crippen LogP contribution in [0.25, 0.3) is 0 Å². The second kappa shape index (κ2) is 6.98. The Labute approximate surface area is 132 Å². The lowest BCUT2D eigenvalue weighted by molar-refractivity contribution is -0.120. The van der Waals surface area contributed by atoms with Gasteiger partial charge >= 0.3 is 0 Å². The van der Waals surface area contributed by atoms with Crippen molar-refractivity contribution in [3.63, 3.8) is 0 Å². The summed E-state index contributed by atoms with van der Waals surface area (Å²) in [4.78, 5) is 11.9. The van der Waals surface area contributed by atoms with Crippen LogP contribution in [-0.2, 0) is 17.8 Å². The van der Waals surface area contributed by atoms with Gasteiger partial charge in [-0.05, 0) is 35.4 Å². The minimum absolute atomic E-state index is 0.0849. The van der Waals surface area contributed by atoms with Crippen molar-refractivity contribution in [1.29, 1.82) is 0 Å². The summed E-state index contributed by atoms with van der Waals surface area (Å²) in [6, 6.07) is 12.4. The third-order valence-corrected chi connectivity index (χ3v) is 3.57. The number of benzene rings is 2. The molecule has 0 saturated carbocycles. The quantitative estimate of drug-likeness (QED) is 0.879. The zero-order valence-electron chi connectivity index (χ0n) is 10.5. The molecular formula is C15H12Cl3NO.